The summed E-state index contributed by atoms with van der Waals surface area (Å²) in [6, 6.07) is 0. The number of alkyl halides is 6. The van der Waals surface area contributed by atoms with Gasteiger partial charge < -0.3 is 5.11 Å². The van der Waals surface area contributed by atoms with E-state index in [0.29, 0.717) is 0 Å². The lowest BCUT2D eigenvalue weighted by Crippen LogP contribution is -2.41. The minimum absolute atomic E-state index is 0.763. The lowest BCUT2D eigenvalue weighted by atomic mass is 10.3. The van der Waals surface area contributed by atoms with E-state index < -0.39 is 53.6 Å². The van der Waals surface area contributed by atoms with E-state index in [9.17, 15) is 34.8 Å². The second kappa shape index (κ2) is 6.06. The number of hydrogen-bond acceptors (Lipinski definition) is 3. The van der Waals surface area contributed by atoms with Gasteiger partial charge >= 0.3 is 12.4 Å². The van der Waals surface area contributed by atoms with E-state index in [1.54, 1.807) is 0 Å². The summed E-state index contributed by atoms with van der Waals surface area (Å²) in [6.07, 6.45) is -14.5. The molecule has 0 aliphatic carbocycles. The van der Waals surface area contributed by atoms with Gasteiger partial charge in [-0.25, -0.2) is 13.1 Å². The molecule has 11 heteroatoms. The van der Waals surface area contributed by atoms with Crippen LogP contribution in [0.4, 0.5) is 26.3 Å². The second-order valence-electron chi connectivity index (χ2n) is 3.44. The van der Waals surface area contributed by atoms with Crippen LogP contribution in [-0.4, -0.2) is 44.3 Å². The normalized spacial score (nSPS) is 15.7. The second-order valence-corrected chi connectivity index (χ2v) is 5.37. The molecule has 0 fully saturated rings. The van der Waals surface area contributed by atoms with Crippen LogP contribution in [0.15, 0.2) is 0 Å². The third-order valence-electron chi connectivity index (χ3n) is 1.75. The Hall–Kier alpha value is -0.550. The smallest absolute Gasteiger partial charge is 0.382 e. The Balaban J connectivity index is 4.10. The van der Waals surface area contributed by atoms with E-state index >= 15 is 0 Å². The van der Waals surface area contributed by atoms with Crippen LogP contribution in [0, 0.1) is 0 Å². The van der Waals surface area contributed by atoms with Crippen molar-refractivity contribution in [1.82, 2.24) is 4.72 Å². The summed E-state index contributed by atoms with van der Waals surface area (Å²) < 4.78 is 93.9. The van der Waals surface area contributed by atoms with Crippen molar-refractivity contribution in [2.75, 3.05) is 12.3 Å². The Morgan fingerprint density at radius 1 is 1.11 bits per heavy atom. The molecule has 4 nitrogen and oxygen atoms in total. The predicted octanol–water partition coefficient (Wildman–Crippen LogP) is 1.17. The number of nitrogens with one attached hydrogen (secondary N) is 1. The molecule has 0 heterocycles. The van der Waals surface area contributed by atoms with Crippen molar-refractivity contribution in [1.29, 1.82) is 0 Å². The Morgan fingerprint density at radius 2 is 1.61 bits per heavy atom. The molecule has 0 amide bonds. The Kier molecular flexibility index (Phi) is 5.88. The maximum absolute atomic E-state index is 11.8. The minimum atomic E-state index is -4.99. The fourth-order valence-electron chi connectivity index (χ4n) is 0.856. The fourth-order valence-corrected chi connectivity index (χ4v) is 1.94. The first-order valence-corrected chi connectivity index (χ1v) is 6.27. The Labute approximate surface area is 99.0 Å². The van der Waals surface area contributed by atoms with E-state index in [1.165, 1.54) is 4.72 Å². The zero-order valence-electron chi connectivity index (χ0n) is 8.85. The van der Waals surface area contributed by atoms with Gasteiger partial charge in [-0.05, 0) is 6.42 Å². The maximum atomic E-state index is 11.8. The number of rotatable bonds is 6. The molecular formula is C7H11F6NO3S. The monoisotopic (exact) mass is 303 g/mol. The average Bonchev–Trinajstić information content (AvgIpc) is 2.10. The molecule has 0 aromatic carbocycles. The molecule has 18 heavy (non-hydrogen) atoms. The van der Waals surface area contributed by atoms with Gasteiger partial charge in [0.2, 0.25) is 10.0 Å². The standard InChI is InChI=1S/C7H11F6NO3S/c8-6(9,10)2-1-3-18(16,17)14-4-5(15)7(11,12)13/h5,14-15H,1-4H2. The van der Waals surface area contributed by atoms with E-state index in [-0.39, 0.29) is 0 Å². The highest BCUT2D eigenvalue weighted by Gasteiger charge is 2.38. The SMILES string of the molecule is O=S(=O)(CCCC(F)(F)F)NCC(O)C(F)(F)F. The largest absolute Gasteiger partial charge is 0.415 e. The van der Waals surface area contributed by atoms with Crippen molar-refractivity contribution in [3.63, 3.8) is 0 Å². The summed E-state index contributed by atoms with van der Waals surface area (Å²) in [5.74, 6) is -0.961. The van der Waals surface area contributed by atoms with Gasteiger partial charge in [0.05, 0.1) is 5.75 Å². The average molecular weight is 303 g/mol. The Bertz CT molecular complexity index is 349. The van der Waals surface area contributed by atoms with Crippen molar-refractivity contribution < 1.29 is 39.9 Å². The minimum Gasteiger partial charge on any atom is -0.382 e. The molecule has 0 aromatic rings. The van der Waals surface area contributed by atoms with Gasteiger partial charge in [-0.3, -0.25) is 0 Å². The molecule has 0 saturated carbocycles. The number of sulfonamides is 1. The van der Waals surface area contributed by atoms with Crippen LogP contribution >= 0.6 is 0 Å². The number of aliphatic hydroxyl groups excluding tert-OH is 1. The van der Waals surface area contributed by atoms with Gasteiger partial charge in [0.15, 0.2) is 6.10 Å². The summed E-state index contributed by atoms with van der Waals surface area (Å²) in [5.41, 5.74) is 0. The summed E-state index contributed by atoms with van der Waals surface area (Å²) in [5, 5.41) is 8.47. The first-order valence-electron chi connectivity index (χ1n) is 4.62. The third kappa shape index (κ3) is 8.53. The van der Waals surface area contributed by atoms with Gasteiger partial charge in [0.25, 0.3) is 0 Å². The van der Waals surface area contributed by atoms with Crippen LogP contribution in [0.1, 0.15) is 12.8 Å². The van der Waals surface area contributed by atoms with Gasteiger partial charge in [-0.1, -0.05) is 0 Å². The zero-order valence-corrected chi connectivity index (χ0v) is 9.66. The molecule has 0 aromatic heterocycles. The number of halogens is 6. The summed E-state index contributed by atoms with van der Waals surface area (Å²) in [7, 11) is -4.27. The Morgan fingerprint density at radius 3 is 2.00 bits per heavy atom. The number of aliphatic hydroxyl groups is 1. The van der Waals surface area contributed by atoms with Gasteiger partial charge in [-0.15, -0.1) is 0 Å². The molecule has 0 aliphatic heterocycles. The van der Waals surface area contributed by atoms with Crippen LogP contribution in [0.5, 0.6) is 0 Å². The van der Waals surface area contributed by atoms with Crippen LogP contribution in [0.25, 0.3) is 0 Å². The highest BCUT2D eigenvalue weighted by Crippen LogP contribution is 2.22. The quantitative estimate of drug-likeness (QED) is 0.724. The van der Waals surface area contributed by atoms with Gasteiger partial charge in [0, 0.05) is 13.0 Å². The lowest BCUT2D eigenvalue weighted by molar-refractivity contribution is -0.200. The van der Waals surface area contributed by atoms with Gasteiger partial charge in [0.1, 0.15) is 0 Å². The highest BCUT2D eigenvalue weighted by molar-refractivity contribution is 7.89. The van der Waals surface area contributed by atoms with E-state index in [1.807, 2.05) is 0 Å². The molecule has 110 valence electrons. The van der Waals surface area contributed by atoms with Crippen molar-refractivity contribution >= 4 is 10.0 Å². The molecule has 0 radical (unpaired) electrons. The fraction of sp³-hybridized carbons (Fsp3) is 1.00. The van der Waals surface area contributed by atoms with Crippen molar-refractivity contribution in [3.8, 4) is 0 Å². The predicted molar refractivity (Wildman–Crippen MR) is 49.1 cm³/mol. The molecule has 2 N–H and O–H groups in total. The van der Waals surface area contributed by atoms with Crippen LogP contribution < -0.4 is 4.72 Å². The molecule has 1 unspecified atom stereocenters. The first-order chi connectivity index (χ1) is 7.83. The molecule has 0 aliphatic rings. The van der Waals surface area contributed by atoms with Crippen molar-refractivity contribution in [3.05, 3.63) is 0 Å². The first kappa shape index (κ1) is 17.4. The lowest BCUT2D eigenvalue weighted by Gasteiger charge is -2.15. The summed E-state index contributed by atoms with van der Waals surface area (Å²) in [4.78, 5) is 0. The van der Waals surface area contributed by atoms with Crippen LogP contribution in [0.2, 0.25) is 0 Å². The molecule has 0 rings (SSSR count). The van der Waals surface area contributed by atoms with E-state index in [0.717, 1.165) is 0 Å². The molecule has 1 atom stereocenters. The van der Waals surface area contributed by atoms with E-state index in [4.69, 9.17) is 5.11 Å². The molecule has 0 saturated heterocycles. The highest BCUT2D eigenvalue weighted by atomic mass is 32.2. The van der Waals surface area contributed by atoms with Crippen molar-refractivity contribution in [2.24, 2.45) is 0 Å². The topological polar surface area (TPSA) is 66.4 Å². The number of hydrogen-bond donors (Lipinski definition) is 2. The molecule has 0 spiro atoms. The third-order valence-corrected chi connectivity index (χ3v) is 3.18. The van der Waals surface area contributed by atoms with Crippen LogP contribution in [0.3, 0.4) is 0 Å². The van der Waals surface area contributed by atoms with E-state index in [2.05, 4.69) is 0 Å². The molecule has 0 bridgehead atoms. The zero-order chi connectivity index (χ0) is 14.6. The summed E-state index contributed by atoms with van der Waals surface area (Å²) in [6.45, 7) is -1.32. The maximum Gasteiger partial charge on any atom is 0.415 e. The van der Waals surface area contributed by atoms with Crippen LogP contribution in [-0.2, 0) is 10.0 Å². The van der Waals surface area contributed by atoms with Crippen molar-refractivity contribution in [2.45, 2.75) is 31.3 Å². The summed E-state index contributed by atoms with van der Waals surface area (Å²) >= 11 is 0. The molecular weight excluding hydrogens is 292 g/mol. The van der Waals surface area contributed by atoms with Gasteiger partial charge in [-0.2, -0.15) is 26.3 Å².